The second kappa shape index (κ2) is 6.59. The van der Waals surface area contributed by atoms with E-state index in [1.54, 1.807) is 0 Å². The van der Waals surface area contributed by atoms with E-state index in [-0.39, 0.29) is 12.5 Å². The third-order valence-corrected chi connectivity index (χ3v) is 2.82. The highest BCUT2D eigenvalue weighted by Gasteiger charge is 2.10. The smallest absolute Gasteiger partial charge is 0.0511 e. The first-order valence-corrected chi connectivity index (χ1v) is 5.67. The average molecular weight is 207 g/mol. The minimum atomic E-state index is 0.202. The number of rotatable bonds is 6. The lowest BCUT2D eigenvalue weighted by molar-refractivity contribution is 0.258. The molecular weight excluding hydrogens is 186 g/mol. The van der Waals surface area contributed by atoms with Crippen molar-refractivity contribution in [2.75, 3.05) is 13.2 Å². The Hall–Kier alpha value is -0.860. The van der Waals surface area contributed by atoms with Gasteiger partial charge in [0.05, 0.1) is 6.61 Å². The van der Waals surface area contributed by atoms with Gasteiger partial charge in [0.15, 0.2) is 0 Å². The van der Waals surface area contributed by atoms with Crippen molar-refractivity contribution in [2.24, 2.45) is 0 Å². The summed E-state index contributed by atoms with van der Waals surface area (Å²) in [5.41, 5.74) is 1.20. The fraction of sp³-hybridized carbons (Fsp3) is 0.538. The van der Waals surface area contributed by atoms with Gasteiger partial charge in [0.25, 0.3) is 0 Å². The van der Waals surface area contributed by atoms with Crippen molar-refractivity contribution >= 4 is 0 Å². The van der Waals surface area contributed by atoms with E-state index in [2.05, 4.69) is 31.3 Å². The zero-order valence-electron chi connectivity index (χ0n) is 9.61. The molecule has 0 spiro atoms. The van der Waals surface area contributed by atoms with Gasteiger partial charge in [-0.05, 0) is 18.9 Å². The minimum absolute atomic E-state index is 0.202. The monoisotopic (exact) mass is 207 g/mol. The maximum absolute atomic E-state index is 9.33. The molecule has 1 aromatic rings. The summed E-state index contributed by atoms with van der Waals surface area (Å²) < 4.78 is 0. The van der Waals surface area contributed by atoms with Crippen molar-refractivity contribution in [3.05, 3.63) is 35.9 Å². The summed E-state index contributed by atoms with van der Waals surface area (Å²) in [6.45, 7) is 5.37. The van der Waals surface area contributed by atoms with Crippen LogP contribution in [0.3, 0.4) is 0 Å². The molecule has 15 heavy (non-hydrogen) atoms. The third-order valence-electron chi connectivity index (χ3n) is 2.82. The van der Waals surface area contributed by atoms with Crippen LogP contribution in [-0.4, -0.2) is 24.3 Å². The number of aliphatic hydroxyl groups excluding tert-OH is 1. The maximum Gasteiger partial charge on any atom is 0.0511 e. The molecule has 0 fully saturated rings. The molecule has 0 aliphatic heterocycles. The summed E-state index contributed by atoms with van der Waals surface area (Å²) in [5, 5.41) is 12.7. The Morgan fingerprint density at radius 3 is 2.47 bits per heavy atom. The van der Waals surface area contributed by atoms with Crippen LogP contribution in [0.2, 0.25) is 0 Å². The molecule has 0 amide bonds. The Morgan fingerprint density at radius 1 is 1.27 bits per heavy atom. The number of benzene rings is 1. The summed E-state index contributed by atoms with van der Waals surface area (Å²) in [4.78, 5) is 0. The molecule has 1 aromatic carbocycles. The van der Waals surface area contributed by atoms with Crippen molar-refractivity contribution in [1.29, 1.82) is 0 Å². The van der Waals surface area contributed by atoms with E-state index >= 15 is 0 Å². The summed E-state index contributed by atoms with van der Waals surface area (Å²) in [5.74, 6) is 0.209. The molecule has 2 N–H and O–H groups in total. The second-order valence-corrected chi connectivity index (χ2v) is 4.01. The molecule has 84 valence electrons. The van der Waals surface area contributed by atoms with E-state index < -0.39 is 0 Å². The van der Waals surface area contributed by atoms with E-state index in [1.165, 1.54) is 5.56 Å². The first kappa shape index (κ1) is 12.2. The van der Waals surface area contributed by atoms with Crippen LogP contribution < -0.4 is 5.32 Å². The van der Waals surface area contributed by atoms with Crippen LogP contribution >= 0.6 is 0 Å². The Bertz CT molecular complexity index is 260. The Morgan fingerprint density at radius 2 is 1.93 bits per heavy atom. The average Bonchev–Trinajstić information content (AvgIpc) is 2.31. The molecule has 2 unspecified atom stereocenters. The van der Waals surface area contributed by atoms with Gasteiger partial charge in [-0.1, -0.05) is 37.3 Å². The van der Waals surface area contributed by atoms with Crippen LogP contribution in [-0.2, 0) is 0 Å². The fourth-order valence-corrected chi connectivity index (χ4v) is 1.50. The summed E-state index contributed by atoms with van der Waals surface area (Å²) in [7, 11) is 0. The normalized spacial score (nSPS) is 14.9. The topological polar surface area (TPSA) is 32.3 Å². The number of aliphatic hydroxyl groups is 1. The van der Waals surface area contributed by atoms with E-state index in [0.717, 1.165) is 13.0 Å². The number of hydrogen-bond acceptors (Lipinski definition) is 2. The van der Waals surface area contributed by atoms with Gasteiger partial charge in [-0.25, -0.2) is 0 Å². The van der Waals surface area contributed by atoms with E-state index in [1.807, 2.05) is 18.2 Å². The standard InChI is InChI=1S/C13H21NO/c1-3-11(2)14-9-13(10-15)12-7-5-4-6-8-12/h4-8,11,13-15H,3,9-10H2,1-2H3. The molecule has 2 nitrogen and oxygen atoms in total. The predicted octanol–water partition coefficient (Wildman–Crippen LogP) is 2.15. The van der Waals surface area contributed by atoms with Gasteiger partial charge < -0.3 is 10.4 Å². The zero-order valence-corrected chi connectivity index (χ0v) is 9.61. The Kier molecular flexibility index (Phi) is 5.37. The molecule has 0 heterocycles. The first-order chi connectivity index (χ1) is 7.27. The van der Waals surface area contributed by atoms with Crippen molar-refractivity contribution in [1.82, 2.24) is 5.32 Å². The molecule has 0 saturated carbocycles. The van der Waals surface area contributed by atoms with Crippen molar-refractivity contribution in [2.45, 2.75) is 32.2 Å². The zero-order chi connectivity index (χ0) is 11.1. The maximum atomic E-state index is 9.33. The summed E-state index contributed by atoms with van der Waals surface area (Å²) in [6, 6.07) is 10.7. The van der Waals surface area contributed by atoms with Crippen LogP contribution in [0.15, 0.2) is 30.3 Å². The number of hydrogen-bond donors (Lipinski definition) is 2. The molecular formula is C13H21NO. The fourth-order valence-electron chi connectivity index (χ4n) is 1.50. The molecule has 2 heteroatoms. The summed E-state index contributed by atoms with van der Waals surface area (Å²) in [6.07, 6.45) is 1.12. The molecule has 0 saturated heterocycles. The van der Waals surface area contributed by atoms with E-state index in [0.29, 0.717) is 6.04 Å². The van der Waals surface area contributed by atoms with Crippen molar-refractivity contribution in [3.8, 4) is 0 Å². The van der Waals surface area contributed by atoms with Crippen LogP contribution in [0.1, 0.15) is 31.7 Å². The SMILES string of the molecule is CCC(C)NCC(CO)c1ccccc1. The van der Waals surface area contributed by atoms with Gasteiger partial charge in [-0.3, -0.25) is 0 Å². The van der Waals surface area contributed by atoms with Crippen LogP contribution in [0, 0.1) is 0 Å². The van der Waals surface area contributed by atoms with E-state index in [9.17, 15) is 5.11 Å². The van der Waals surface area contributed by atoms with Gasteiger partial charge in [0.2, 0.25) is 0 Å². The minimum Gasteiger partial charge on any atom is -0.396 e. The largest absolute Gasteiger partial charge is 0.396 e. The quantitative estimate of drug-likeness (QED) is 0.749. The lowest BCUT2D eigenvalue weighted by Gasteiger charge is -2.18. The van der Waals surface area contributed by atoms with Gasteiger partial charge >= 0.3 is 0 Å². The summed E-state index contributed by atoms with van der Waals surface area (Å²) >= 11 is 0. The first-order valence-electron chi connectivity index (χ1n) is 5.67. The van der Waals surface area contributed by atoms with Gasteiger partial charge in [0, 0.05) is 18.5 Å². The third kappa shape index (κ3) is 4.02. The molecule has 1 rings (SSSR count). The van der Waals surface area contributed by atoms with Crippen molar-refractivity contribution < 1.29 is 5.11 Å². The van der Waals surface area contributed by atoms with Gasteiger partial charge in [-0.15, -0.1) is 0 Å². The molecule has 0 aliphatic rings. The van der Waals surface area contributed by atoms with E-state index in [4.69, 9.17) is 0 Å². The van der Waals surface area contributed by atoms with Gasteiger partial charge in [0.1, 0.15) is 0 Å². The van der Waals surface area contributed by atoms with Crippen LogP contribution in [0.5, 0.6) is 0 Å². The second-order valence-electron chi connectivity index (χ2n) is 4.01. The highest BCUT2D eigenvalue weighted by Crippen LogP contribution is 2.13. The lowest BCUT2D eigenvalue weighted by atomic mass is 10.00. The molecule has 0 radical (unpaired) electrons. The molecule has 0 aliphatic carbocycles. The highest BCUT2D eigenvalue weighted by molar-refractivity contribution is 5.19. The van der Waals surface area contributed by atoms with Crippen LogP contribution in [0.25, 0.3) is 0 Å². The Labute approximate surface area is 92.3 Å². The highest BCUT2D eigenvalue weighted by atomic mass is 16.3. The van der Waals surface area contributed by atoms with Crippen LogP contribution in [0.4, 0.5) is 0 Å². The molecule has 0 bridgehead atoms. The van der Waals surface area contributed by atoms with Crippen molar-refractivity contribution in [3.63, 3.8) is 0 Å². The predicted molar refractivity (Wildman–Crippen MR) is 64.0 cm³/mol. The number of nitrogens with one attached hydrogen (secondary N) is 1. The molecule has 0 aromatic heterocycles. The Balaban J connectivity index is 2.50. The van der Waals surface area contributed by atoms with Gasteiger partial charge in [-0.2, -0.15) is 0 Å². The molecule has 2 atom stereocenters. The lowest BCUT2D eigenvalue weighted by Crippen LogP contribution is -2.31.